The van der Waals surface area contributed by atoms with Gasteiger partial charge in [0.25, 0.3) is 5.91 Å². The lowest BCUT2D eigenvalue weighted by Crippen LogP contribution is -2.43. The van der Waals surface area contributed by atoms with E-state index >= 15 is 0 Å². The van der Waals surface area contributed by atoms with Crippen molar-refractivity contribution in [1.29, 1.82) is 0 Å². The second-order valence-electron chi connectivity index (χ2n) is 10.6. The second kappa shape index (κ2) is 11.7. The van der Waals surface area contributed by atoms with Gasteiger partial charge in [-0.3, -0.25) is 19.3 Å². The monoisotopic (exact) mass is 501 g/mol. The third-order valence-corrected chi connectivity index (χ3v) is 7.85. The number of aromatic hydroxyl groups is 1. The number of hydrogen-bond donors (Lipinski definition) is 2. The molecule has 0 bridgehead atoms. The fourth-order valence-corrected chi connectivity index (χ4v) is 5.63. The van der Waals surface area contributed by atoms with E-state index < -0.39 is 6.23 Å². The van der Waals surface area contributed by atoms with Crippen LogP contribution in [0.25, 0.3) is 0 Å². The van der Waals surface area contributed by atoms with Gasteiger partial charge in [0.15, 0.2) is 5.78 Å². The van der Waals surface area contributed by atoms with Gasteiger partial charge in [0.05, 0.1) is 19.6 Å². The van der Waals surface area contributed by atoms with Gasteiger partial charge in [-0.2, -0.15) is 0 Å². The SMILES string of the molecule is CCN(C(=O)[C@H]1CC[C@](C)(CCNC(=O)c2ccc(O)c(CN3CCOCC3)c2)C1)[C@@H]1CC(=O)CO1. The van der Waals surface area contributed by atoms with Crippen molar-refractivity contribution in [1.82, 2.24) is 15.1 Å². The van der Waals surface area contributed by atoms with Gasteiger partial charge in [-0.15, -0.1) is 0 Å². The van der Waals surface area contributed by atoms with Crippen molar-refractivity contribution in [3.63, 3.8) is 0 Å². The van der Waals surface area contributed by atoms with Crippen LogP contribution in [-0.2, 0) is 25.6 Å². The third kappa shape index (κ3) is 6.44. The molecule has 1 saturated carbocycles. The van der Waals surface area contributed by atoms with Gasteiger partial charge in [0.2, 0.25) is 5.91 Å². The Hall–Kier alpha value is -2.49. The number of nitrogens with zero attached hydrogens (tertiary/aromatic N) is 2. The smallest absolute Gasteiger partial charge is 0.251 e. The summed E-state index contributed by atoms with van der Waals surface area (Å²) >= 11 is 0. The van der Waals surface area contributed by atoms with E-state index in [1.54, 1.807) is 23.1 Å². The van der Waals surface area contributed by atoms with E-state index in [9.17, 15) is 19.5 Å². The molecule has 4 rings (SSSR count). The largest absolute Gasteiger partial charge is 0.508 e. The number of benzene rings is 1. The first-order chi connectivity index (χ1) is 17.3. The van der Waals surface area contributed by atoms with Crippen LogP contribution < -0.4 is 5.32 Å². The summed E-state index contributed by atoms with van der Waals surface area (Å²) in [5.41, 5.74) is 1.24. The summed E-state index contributed by atoms with van der Waals surface area (Å²) in [7, 11) is 0. The van der Waals surface area contributed by atoms with Crippen LogP contribution in [0.3, 0.4) is 0 Å². The number of carbonyl (C=O) groups is 3. The number of phenols is 1. The number of hydrogen-bond acceptors (Lipinski definition) is 7. The predicted octanol–water partition coefficient (Wildman–Crippen LogP) is 2.31. The molecule has 2 saturated heterocycles. The molecule has 9 heteroatoms. The van der Waals surface area contributed by atoms with Crippen LogP contribution in [0.2, 0.25) is 0 Å². The molecule has 0 aromatic heterocycles. The van der Waals surface area contributed by atoms with Gasteiger partial charge in [0, 0.05) is 49.8 Å². The summed E-state index contributed by atoms with van der Waals surface area (Å²) in [5, 5.41) is 13.3. The maximum absolute atomic E-state index is 13.2. The summed E-state index contributed by atoms with van der Waals surface area (Å²) in [6, 6.07) is 5.00. The van der Waals surface area contributed by atoms with E-state index in [-0.39, 0.29) is 47.7 Å². The molecule has 2 aliphatic heterocycles. The number of phenolic OH excluding ortho intramolecular Hbond substituents is 1. The quantitative estimate of drug-likeness (QED) is 0.535. The van der Waals surface area contributed by atoms with E-state index in [1.165, 1.54) is 0 Å². The van der Waals surface area contributed by atoms with Gasteiger partial charge in [-0.1, -0.05) is 6.92 Å². The van der Waals surface area contributed by atoms with E-state index in [0.29, 0.717) is 38.4 Å². The standard InChI is InChI=1S/C27H39N3O6/c1-3-30(24-15-22(31)18-36-24)26(34)20-6-7-27(2,16-20)8-9-28-25(33)19-4-5-23(32)21(14-19)17-29-10-12-35-13-11-29/h4-5,14,20,24,32H,3,6-13,15-18H2,1-2H3,(H,28,33)/t20-,24-,27+/m0/s1. The van der Waals surface area contributed by atoms with E-state index in [0.717, 1.165) is 44.3 Å². The predicted molar refractivity (Wildman–Crippen MR) is 133 cm³/mol. The molecular formula is C27H39N3O6. The number of rotatable bonds is 9. The summed E-state index contributed by atoms with van der Waals surface area (Å²) in [6.45, 7) is 8.79. The lowest BCUT2D eigenvalue weighted by molar-refractivity contribution is -0.146. The average molecular weight is 502 g/mol. The maximum atomic E-state index is 13.2. The van der Waals surface area contributed by atoms with E-state index in [4.69, 9.17) is 9.47 Å². The van der Waals surface area contributed by atoms with Crippen molar-refractivity contribution in [3.05, 3.63) is 29.3 Å². The molecule has 198 valence electrons. The molecule has 1 aliphatic carbocycles. The molecule has 0 spiro atoms. The van der Waals surface area contributed by atoms with Crippen molar-refractivity contribution in [3.8, 4) is 5.75 Å². The Morgan fingerprint density at radius 2 is 2.06 bits per heavy atom. The van der Waals surface area contributed by atoms with Crippen molar-refractivity contribution in [2.75, 3.05) is 46.0 Å². The van der Waals surface area contributed by atoms with Crippen LogP contribution in [0.15, 0.2) is 18.2 Å². The highest BCUT2D eigenvalue weighted by Crippen LogP contribution is 2.44. The molecule has 3 atom stereocenters. The van der Waals surface area contributed by atoms with Crippen LogP contribution in [0, 0.1) is 11.3 Å². The van der Waals surface area contributed by atoms with Crippen LogP contribution in [0.4, 0.5) is 0 Å². The fraction of sp³-hybridized carbons (Fsp3) is 0.667. The van der Waals surface area contributed by atoms with E-state index in [1.807, 2.05) is 6.92 Å². The normalized spacial score (nSPS) is 26.8. The zero-order chi connectivity index (χ0) is 25.7. The number of nitrogens with one attached hydrogen (secondary N) is 1. The molecule has 1 aromatic carbocycles. The summed E-state index contributed by atoms with van der Waals surface area (Å²) in [4.78, 5) is 41.5. The minimum atomic E-state index is -0.431. The zero-order valence-corrected chi connectivity index (χ0v) is 21.5. The minimum Gasteiger partial charge on any atom is -0.508 e. The number of ether oxygens (including phenoxy) is 2. The molecule has 0 radical (unpaired) electrons. The average Bonchev–Trinajstić information content (AvgIpc) is 3.47. The van der Waals surface area contributed by atoms with Crippen molar-refractivity contribution in [2.24, 2.45) is 11.3 Å². The molecule has 3 fully saturated rings. The Balaban J connectivity index is 1.27. The summed E-state index contributed by atoms with van der Waals surface area (Å²) in [6.07, 6.45) is 3.13. The van der Waals surface area contributed by atoms with Crippen molar-refractivity contribution in [2.45, 2.75) is 58.7 Å². The Kier molecular flexibility index (Phi) is 8.64. The highest BCUT2D eigenvalue weighted by atomic mass is 16.5. The Bertz CT molecular complexity index is 963. The molecule has 0 unspecified atom stereocenters. The second-order valence-corrected chi connectivity index (χ2v) is 10.6. The van der Waals surface area contributed by atoms with Crippen molar-refractivity contribution >= 4 is 17.6 Å². The lowest BCUT2D eigenvalue weighted by atomic mass is 9.84. The molecule has 1 aromatic rings. The molecular weight excluding hydrogens is 462 g/mol. The van der Waals surface area contributed by atoms with Crippen LogP contribution in [0.1, 0.15) is 61.9 Å². The number of ketones is 1. The Labute approximate surface area is 213 Å². The van der Waals surface area contributed by atoms with Crippen LogP contribution in [0.5, 0.6) is 5.75 Å². The number of amides is 2. The first-order valence-corrected chi connectivity index (χ1v) is 13.1. The number of morpholine rings is 1. The third-order valence-electron chi connectivity index (χ3n) is 7.85. The van der Waals surface area contributed by atoms with Gasteiger partial charge < -0.3 is 24.8 Å². The molecule has 2 N–H and O–H groups in total. The lowest BCUT2D eigenvalue weighted by Gasteiger charge is -2.30. The van der Waals surface area contributed by atoms with Crippen molar-refractivity contribution < 1.29 is 29.0 Å². The first-order valence-electron chi connectivity index (χ1n) is 13.1. The van der Waals surface area contributed by atoms with Gasteiger partial charge in [-0.05, 0) is 56.2 Å². The number of Topliss-reactive ketones (excluding diaryl/α,β-unsaturated/α-hetero) is 1. The van der Waals surface area contributed by atoms with Gasteiger partial charge in [-0.25, -0.2) is 0 Å². The summed E-state index contributed by atoms with van der Waals surface area (Å²) in [5.74, 6) is 0.0695. The molecule has 2 amide bonds. The molecule has 9 nitrogen and oxygen atoms in total. The highest BCUT2D eigenvalue weighted by molar-refractivity contribution is 5.94. The summed E-state index contributed by atoms with van der Waals surface area (Å²) < 4.78 is 10.9. The highest BCUT2D eigenvalue weighted by Gasteiger charge is 2.41. The van der Waals surface area contributed by atoms with Gasteiger partial charge >= 0.3 is 0 Å². The topological polar surface area (TPSA) is 108 Å². The maximum Gasteiger partial charge on any atom is 0.251 e. The van der Waals surface area contributed by atoms with Gasteiger partial charge in [0.1, 0.15) is 18.6 Å². The van der Waals surface area contributed by atoms with Crippen LogP contribution >= 0.6 is 0 Å². The minimum absolute atomic E-state index is 0.0319. The Morgan fingerprint density at radius 3 is 2.75 bits per heavy atom. The Morgan fingerprint density at radius 1 is 1.28 bits per heavy atom. The number of carbonyl (C=O) groups excluding carboxylic acids is 3. The zero-order valence-electron chi connectivity index (χ0n) is 21.5. The first kappa shape index (κ1) is 26.6. The molecule has 2 heterocycles. The van der Waals surface area contributed by atoms with Crippen LogP contribution in [-0.4, -0.2) is 84.7 Å². The fourth-order valence-electron chi connectivity index (χ4n) is 5.63. The molecule has 3 aliphatic rings. The van der Waals surface area contributed by atoms with E-state index in [2.05, 4.69) is 17.1 Å². The molecule has 36 heavy (non-hydrogen) atoms.